The van der Waals surface area contributed by atoms with Crippen LogP contribution in [0.5, 0.6) is 11.5 Å². The van der Waals surface area contributed by atoms with Crippen LogP contribution in [0.4, 0.5) is 22.1 Å². The SMILES string of the molecule is CCCCc1cc(NC(=O)Nc2ccc(Oc3ccnc(N)c3)c3ccccc23)n(-c2ccc(C)cc2)n1. The fourth-order valence-corrected chi connectivity index (χ4v) is 4.24. The van der Waals surface area contributed by atoms with Crippen LogP contribution in [0, 0.1) is 6.92 Å². The Balaban J connectivity index is 1.40. The highest BCUT2D eigenvalue weighted by molar-refractivity contribution is 6.07. The van der Waals surface area contributed by atoms with Crippen LogP contribution in [0.25, 0.3) is 16.5 Å². The highest BCUT2D eigenvalue weighted by Crippen LogP contribution is 2.34. The molecule has 2 heterocycles. The summed E-state index contributed by atoms with van der Waals surface area (Å²) in [6.07, 6.45) is 4.55. The highest BCUT2D eigenvalue weighted by atomic mass is 16.5. The minimum Gasteiger partial charge on any atom is -0.457 e. The maximum Gasteiger partial charge on any atom is 0.324 e. The third-order valence-corrected chi connectivity index (χ3v) is 6.18. The molecule has 8 nitrogen and oxygen atoms in total. The van der Waals surface area contributed by atoms with E-state index in [0.717, 1.165) is 47.0 Å². The summed E-state index contributed by atoms with van der Waals surface area (Å²) in [5.74, 6) is 2.22. The van der Waals surface area contributed by atoms with Gasteiger partial charge in [-0.2, -0.15) is 5.10 Å². The minimum atomic E-state index is -0.360. The van der Waals surface area contributed by atoms with Gasteiger partial charge in [-0.15, -0.1) is 0 Å². The lowest BCUT2D eigenvalue weighted by atomic mass is 10.1. The van der Waals surface area contributed by atoms with Gasteiger partial charge < -0.3 is 15.8 Å². The molecule has 0 bridgehead atoms. The van der Waals surface area contributed by atoms with E-state index in [1.807, 2.05) is 73.7 Å². The van der Waals surface area contributed by atoms with Crippen molar-refractivity contribution in [2.75, 3.05) is 16.4 Å². The number of nitrogens with one attached hydrogen (secondary N) is 2. The first-order valence-corrected chi connectivity index (χ1v) is 12.7. The van der Waals surface area contributed by atoms with Crippen LogP contribution >= 0.6 is 0 Å². The number of hydrogen-bond donors (Lipinski definition) is 3. The Morgan fingerprint density at radius 3 is 2.53 bits per heavy atom. The monoisotopic (exact) mass is 506 g/mol. The standard InChI is InChI=1S/C30H30N6O2/c1-3-4-7-21-18-29(36(35-21)22-12-10-20(2)11-13-22)34-30(37)33-26-14-15-27(25-9-6-5-8-24(25)26)38-23-16-17-32-28(31)19-23/h5-6,8-19H,3-4,7H2,1-2H3,(H2,31,32)(H2,33,34,37). The number of aromatic nitrogens is 3. The quantitative estimate of drug-likeness (QED) is 0.208. The second-order valence-corrected chi connectivity index (χ2v) is 9.13. The number of fused-ring (bicyclic) bond motifs is 1. The molecule has 0 fully saturated rings. The van der Waals surface area contributed by atoms with Crippen molar-refractivity contribution in [3.63, 3.8) is 0 Å². The molecular formula is C30H30N6O2. The van der Waals surface area contributed by atoms with Crippen LogP contribution < -0.4 is 21.1 Å². The second-order valence-electron chi connectivity index (χ2n) is 9.13. The van der Waals surface area contributed by atoms with Crippen LogP contribution in [0.15, 0.2) is 85.1 Å². The summed E-state index contributed by atoms with van der Waals surface area (Å²) in [7, 11) is 0. The summed E-state index contributed by atoms with van der Waals surface area (Å²) < 4.78 is 7.85. The number of rotatable bonds is 8. The van der Waals surface area contributed by atoms with Crippen molar-refractivity contribution in [2.45, 2.75) is 33.1 Å². The number of urea groups is 1. The van der Waals surface area contributed by atoms with E-state index >= 15 is 0 Å². The molecule has 5 rings (SSSR count). The van der Waals surface area contributed by atoms with E-state index in [1.54, 1.807) is 23.0 Å². The minimum absolute atomic E-state index is 0.360. The summed E-state index contributed by atoms with van der Waals surface area (Å²) in [6, 6.07) is 24.4. The van der Waals surface area contributed by atoms with Gasteiger partial charge in [0.2, 0.25) is 0 Å². The lowest BCUT2D eigenvalue weighted by Gasteiger charge is -2.14. The van der Waals surface area contributed by atoms with E-state index in [2.05, 4.69) is 22.5 Å². The van der Waals surface area contributed by atoms with Gasteiger partial charge in [0.25, 0.3) is 0 Å². The van der Waals surface area contributed by atoms with Crippen LogP contribution in [-0.2, 0) is 6.42 Å². The van der Waals surface area contributed by atoms with Gasteiger partial charge in [0.1, 0.15) is 23.1 Å². The number of amides is 2. The number of nitrogen functional groups attached to an aromatic ring is 1. The topological polar surface area (TPSA) is 107 Å². The van der Waals surface area contributed by atoms with E-state index in [-0.39, 0.29) is 6.03 Å². The van der Waals surface area contributed by atoms with Crippen LogP contribution in [0.2, 0.25) is 0 Å². The lowest BCUT2D eigenvalue weighted by molar-refractivity contribution is 0.262. The Labute approximate surface area is 221 Å². The summed E-state index contributed by atoms with van der Waals surface area (Å²) in [5.41, 5.74) is 9.44. The molecule has 8 heteroatoms. The first kappa shape index (κ1) is 24.8. The zero-order chi connectivity index (χ0) is 26.5. The van der Waals surface area contributed by atoms with Crippen molar-refractivity contribution in [1.29, 1.82) is 0 Å². The Morgan fingerprint density at radius 1 is 0.974 bits per heavy atom. The van der Waals surface area contributed by atoms with E-state index in [1.165, 1.54) is 0 Å². The number of pyridine rings is 1. The van der Waals surface area contributed by atoms with Gasteiger partial charge in [-0.05, 0) is 50.1 Å². The zero-order valence-corrected chi connectivity index (χ0v) is 21.4. The van der Waals surface area contributed by atoms with E-state index in [0.29, 0.717) is 28.8 Å². The summed E-state index contributed by atoms with van der Waals surface area (Å²) >= 11 is 0. The number of ether oxygens (including phenoxy) is 1. The predicted molar refractivity (Wildman–Crippen MR) is 152 cm³/mol. The molecule has 3 aromatic carbocycles. The van der Waals surface area contributed by atoms with Gasteiger partial charge in [0, 0.05) is 29.1 Å². The van der Waals surface area contributed by atoms with E-state index in [4.69, 9.17) is 15.6 Å². The number of nitrogens with two attached hydrogens (primary N) is 1. The van der Waals surface area contributed by atoms with Gasteiger partial charge in [-0.1, -0.05) is 55.3 Å². The van der Waals surface area contributed by atoms with Crippen molar-refractivity contribution in [2.24, 2.45) is 0 Å². The maximum atomic E-state index is 13.2. The molecule has 0 radical (unpaired) electrons. The molecule has 0 aliphatic carbocycles. The number of nitrogens with zero attached hydrogens (tertiary/aromatic N) is 3. The zero-order valence-electron chi connectivity index (χ0n) is 21.4. The summed E-state index contributed by atoms with van der Waals surface area (Å²) in [6.45, 7) is 4.19. The molecular weight excluding hydrogens is 476 g/mol. The summed E-state index contributed by atoms with van der Waals surface area (Å²) in [4.78, 5) is 17.2. The number of carbonyl (C=O) groups excluding carboxylic acids is 1. The largest absolute Gasteiger partial charge is 0.457 e. The van der Waals surface area contributed by atoms with Crippen LogP contribution in [0.3, 0.4) is 0 Å². The maximum absolute atomic E-state index is 13.2. The Kier molecular flexibility index (Phi) is 7.21. The van der Waals surface area contributed by atoms with Crippen molar-refractivity contribution < 1.29 is 9.53 Å². The molecule has 0 spiro atoms. The number of aryl methyl sites for hydroxylation is 2. The van der Waals surface area contributed by atoms with Gasteiger partial charge in [0.05, 0.1) is 17.1 Å². The van der Waals surface area contributed by atoms with Gasteiger partial charge in [-0.25, -0.2) is 14.5 Å². The first-order chi connectivity index (χ1) is 18.5. The molecule has 4 N–H and O–H groups in total. The Hall–Kier alpha value is -4.85. The number of carbonyl (C=O) groups is 1. The molecule has 0 aliphatic rings. The molecule has 0 unspecified atom stereocenters. The second kappa shape index (κ2) is 11.0. The van der Waals surface area contributed by atoms with Crippen molar-refractivity contribution in [3.05, 3.63) is 96.3 Å². The molecule has 0 atom stereocenters. The van der Waals surface area contributed by atoms with E-state index in [9.17, 15) is 4.79 Å². The Bertz CT molecular complexity index is 1580. The van der Waals surface area contributed by atoms with Gasteiger partial charge in [-0.3, -0.25) is 5.32 Å². The lowest BCUT2D eigenvalue weighted by Crippen LogP contribution is -2.21. The van der Waals surface area contributed by atoms with Crippen molar-refractivity contribution >= 4 is 34.1 Å². The summed E-state index contributed by atoms with van der Waals surface area (Å²) in [5, 5.41) is 12.4. The molecule has 0 aliphatic heterocycles. The van der Waals surface area contributed by atoms with E-state index < -0.39 is 0 Å². The third-order valence-electron chi connectivity index (χ3n) is 6.18. The average molecular weight is 507 g/mol. The third kappa shape index (κ3) is 5.59. The molecule has 2 aromatic heterocycles. The number of unbranched alkanes of at least 4 members (excludes halogenated alkanes) is 1. The van der Waals surface area contributed by atoms with Crippen molar-refractivity contribution in [1.82, 2.24) is 14.8 Å². The fraction of sp³-hybridized carbons (Fsp3) is 0.167. The molecule has 0 saturated carbocycles. The predicted octanol–water partition coefficient (Wildman–Crippen LogP) is 7.09. The number of anilines is 3. The fourth-order valence-electron chi connectivity index (χ4n) is 4.24. The molecule has 5 aromatic rings. The molecule has 38 heavy (non-hydrogen) atoms. The Morgan fingerprint density at radius 2 is 1.76 bits per heavy atom. The molecule has 2 amide bonds. The average Bonchev–Trinajstić information content (AvgIpc) is 3.31. The van der Waals surface area contributed by atoms with Gasteiger partial charge >= 0.3 is 6.03 Å². The molecule has 0 saturated heterocycles. The number of hydrogen-bond acceptors (Lipinski definition) is 5. The van der Waals surface area contributed by atoms with Crippen molar-refractivity contribution in [3.8, 4) is 17.2 Å². The smallest absolute Gasteiger partial charge is 0.324 e. The first-order valence-electron chi connectivity index (χ1n) is 12.7. The molecule has 192 valence electrons. The highest BCUT2D eigenvalue weighted by Gasteiger charge is 2.15. The number of benzene rings is 3. The van der Waals surface area contributed by atoms with Gasteiger partial charge in [0.15, 0.2) is 0 Å². The normalized spacial score (nSPS) is 10.9. The van der Waals surface area contributed by atoms with Crippen LogP contribution in [0.1, 0.15) is 31.0 Å². The van der Waals surface area contributed by atoms with Crippen LogP contribution in [-0.4, -0.2) is 20.8 Å².